The molecule has 3 rings (SSSR count). The minimum atomic E-state index is -0.338. The molecule has 1 saturated heterocycles. The number of nitrogens with zero attached hydrogens (tertiary/aromatic N) is 3. The molecule has 7 nitrogen and oxygen atoms in total. The minimum Gasteiger partial charge on any atom is -0.369 e. The van der Waals surface area contributed by atoms with E-state index >= 15 is 0 Å². The fraction of sp³-hybridized carbons (Fsp3) is 0.643. The smallest absolute Gasteiger partial charge is 0.231 e. The normalized spacial score (nSPS) is 24.7. The van der Waals surface area contributed by atoms with Crippen LogP contribution in [-0.2, 0) is 9.59 Å². The van der Waals surface area contributed by atoms with Gasteiger partial charge in [0.25, 0.3) is 0 Å². The Kier molecular flexibility index (Phi) is 4.68. The van der Waals surface area contributed by atoms with Crippen molar-refractivity contribution in [1.82, 2.24) is 15.1 Å². The summed E-state index contributed by atoms with van der Waals surface area (Å²) in [7, 11) is 0. The molecule has 22 heavy (non-hydrogen) atoms. The molecule has 1 fully saturated rings. The van der Waals surface area contributed by atoms with Gasteiger partial charge in [0.05, 0.1) is 25.6 Å². The van der Waals surface area contributed by atoms with Crippen LogP contribution < -0.4 is 11.1 Å². The van der Waals surface area contributed by atoms with Gasteiger partial charge in [0.2, 0.25) is 11.8 Å². The van der Waals surface area contributed by atoms with E-state index < -0.39 is 0 Å². The molecule has 120 valence electrons. The molecular formula is C14H21N5O2S. The molecule has 0 aliphatic carbocycles. The van der Waals surface area contributed by atoms with Gasteiger partial charge in [-0.25, -0.2) is 0 Å². The molecule has 3 aliphatic heterocycles. The van der Waals surface area contributed by atoms with Gasteiger partial charge in [0.15, 0.2) is 5.17 Å². The van der Waals surface area contributed by atoms with E-state index in [1.54, 1.807) is 11.8 Å². The van der Waals surface area contributed by atoms with Crippen LogP contribution in [0.4, 0.5) is 0 Å². The van der Waals surface area contributed by atoms with E-state index in [9.17, 15) is 9.59 Å². The Morgan fingerprint density at radius 1 is 1.45 bits per heavy atom. The van der Waals surface area contributed by atoms with Crippen LogP contribution >= 0.6 is 11.8 Å². The van der Waals surface area contributed by atoms with Crippen molar-refractivity contribution in [2.45, 2.75) is 12.8 Å². The molecule has 0 saturated carbocycles. The Balaban J connectivity index is 1.47. The van der Waals surface area contributed by atoms with Crippen molar-refractivity contribution in [3.63, 3.8) is 0 Å². The third-order valence-electron chi connectivity index (χ3n) is 4.15. The molecule has 0 aromatic heterocycles. The van der Waals surface area contributed by atoms with Gasteiger partial charge in [0.1, 0.15) is 0 Å². The highest BCUT2D eigenvalue weighted by Gasteiger charge is 2.29. The molecule has 0 aromatic carbocycles. The third-order valence-corrected chi connectivity index (χ3v) is 5.10. The van der Waals surface area contributed by atoms with Gasteiger partial charge >= 0.3 is 0 Å². The zero-order chi connectivity index (χ0) is 15.5. The summed E-state index contributed by atoms with van der Waals surface area (Å²) in [6, 6.07) is 0. The van der Waals surface area contributed by atoms with Gasteiger partial charge in [-0.15, -0.1) is 0 Å². The predicted octanol–water partition coefficient (Wildman–Crippen LogP) is -0.440. The summed E-state index contributed by atoms with van der Waals surface area (Å²) in [5.41, 5.74) is 6.34. The van der Waals surface area contributed by atoms with E-state index in [1.165, 1.54) is 0 Å². The molecule has 0 radical (unpaired) electrons. The van der Waals surface area contributed by atoms with Crippen LogP contribution in [0, 0.1) is 5.92 Å². The van der Waals surface area contributed by atoms with E-state index in [1.807, 2.05) is 4.90 Å². The molecule has 3 heterocycles. The molecule has 0 aromatic rings. The molecular weight excluding hydrogens is 302 g/mol. The molecule has 0 spiro atoms. The van der Waals surface area contributed by atoms with E-state index in [4.69, 9.17) is 5.73 Å². The number of aliphatic imine (C=N–C) groups is 1. The third kappa shape index (κ3) is 3.44. The maximum Gasteiger partial charge on any atom is 0.231 e. The average molecular weight is 323 g/mol. The number of hydrogen-bond donors (Lipinski definition) is 2. The first-order chi connectivity index (χ1) is 10.6. The number of carbonyl (C=O) groups is 2. The second kappa shape index (κ2) is 6.70. The lowest BCUT2D eigenvalue weighted by Gasteiger charge is -2.31. The number of likely N-dealkylation sites (tertiary alicyclic amines) is 1. The maximum atomic E-state index is 12.3. The highest BCUT2D eigenvalue weighted by Crippen LogP contribution is 2.28. The SMILES string of the molecule is NC(=O)CN1CCCC(C(=O)NCC2=CSC3=NCCN23)C1. The maximum absolute atomic E-state index is 12.3. The van der Waals surface area contributed by atoms with Gasteiger partial charge in [0, 0.05) is 24.2 Å². The van der Waals surface area contributed by atoms with E-state index in [-0.39, 0.29) is 24.3 Å². The van der Waals surface area contributed by atoms with E-state index in [0.717, 1.165) is 43.3 Å². The van der Waals surface area contributed by atoms with Crippen LogP contribution in [0.15, 0.2) is 16.1 Å². The largest absolute Gasteiger partial charge is 0.369 e. The molecule has 1 unspecified atom stereocenters. The number of primary amides is 1. The van der Waals surface area contributed by atoms with Crippen LogP contribution in [0.2, 0.25) is 0 Å². The molecule has 3 N–H and O–H groups in total. The van der Waals surface area contributed by atoms with E-state index in [0.29, 0.717) is 13.1 Å². The van der Waals surface area contributed by atoms with E-state index in [2.05, 4.69) is 20.6 Å². The van der Waals surface area contributed by atoms with Crippen molar-refractivity contribution in [1.29, 1.82) is 0 Å². The topological polar surface area (TPSA) is 91.0 Å². The number of fused-ring (bicyclic) bond motifs is 1. The molecule has 1 atom stereocenters. The lowest BCUT2D eigenvalue weighted by Crippen LogP contribution is -2.46. The number of hydrogen-bond acceptors (Lipinski definition) is 6. The van der Waals surface area contributed by atoms with Gasteiger partial charge in [-0.3, -0.25) is 19.5 Å². The Labute approximate surface area is 134 Å². The van der Waals surface area contributed by atoms with Gasteiger partial charge in [-0.05, 0) is 19.4 Å². The van der Waals surface area contributed by atoms with Crippen LogP contribution in [-0.4, -0.2) is 66.1 Å². The van der Waals surface area contributed by atoms with Crippen LogP contribution in [0.25, 0.3) is 0 Å². The quantitative estimate of drug-likeness (QED) is 0.716. The summed E-state index contributed by atoms with van der Waals surface area (Å²) < 4.78 is 0. The summed E-state index contributed by atoms with van der Waals surface area (Å²) in [5.74, 6) is -0.339. The molecule has 8 heteroatoms. The first-order valence-corrected chi connectivity index (χ1v) is 8.47. The van der Waals surface area contributed by atoms with Gasteiger partial charge in [-0.2, -0.15) is 0 Å². The fourth-order valence-corrected chi connectivity index (χ4v) is 4.02. The predicted molar refractivity (Wildman–Crippen MR) is 86.1 cm³/mol. The summed E-state index contributed by atoms with van der Waals surface area (Å²) in [4.78, 5) is 31.9. The first-order valence-electron chi connectivity index (χ1n) is 7.59. The van der Waals surface area contributed by atoms with Gasteiger partial charge in [-0.1, -0.05) is 11.8 Å². The van der Waals surface area contributed by atoms with Crippen molar-refractivity contribution in [2.75, 3.05) is 39.3 Å². The standard InChI is InChI=1S/C14H21N5O2S/c15-12(20)8-18-4-1-2-10(7-18)13(21)17-6-11-9-22-14-16-3-5-19(11)14/h9-10H,1-8H2,(H2,15,20)(H,17,21). The Bertz CT molecular complexity index is 533. The van der Waals surface area contributed by atoms with Crippen molar-refractivity contribution in [3.05, 3.63) is 11.1 Å². The monoisotopic (exact) mass is 323 g/mol. The fourth-order valence-electron chi connectivity index (χ4n) is 3.07. The number of nitrogens with one attached hydrogen (secondary N) is 1. The van der Waals surface area contributed by atoms with Crippen LogP contribution in [0.3, 0.4) is 0 Å². The zero-order valence-corrected chi connectivity index (χ0v) is 13.3. The minimum absolute atomic E-state index is 0.0599. The Morgan fingerprint density at radius 3 is 3.14 bits per heavy atom. The first kappa shape index (κ1) is 15.4. The van der Waals surface area contributed by atoms with Gasteiger partial charge < -0.3 is 16.0 Å². The summed E-state index contributed by atoms with van der Waals surface area (Å²) in [6.07, 6.45) is 1.79. The molecule has 2 amide bonds. The highest BCUT2D eigenvalue weighted by atomic mass is 32.2. The highest BCUT2D eigenvalue weighted by molar-refractivity contribution is 8.16. The number of carbonyl (C=O) groups excluding carboxylic acids is 2. The lowest BCUT2D eigenvalue weighted by molar-refractivity contribution is -0.128. The van der Waals surface area contributed by atoms with Crippen molar-refractivity contribution in [2.24, 2.45) is 16.6 Å². The number of rotatable bonds is 5. The van der Waals surface area contributed by atoms with Crippen molar-refractivity contribution in [3.8, 4) is 0 Å². The number of nitrogens with two attached hydrogens (primary N) is 1. The Hall–Kier alpha value is -1.54. The molecule has 0 bridgehead atoms. The number of amidine groups is 1. The second-order valence-corrected chi connectivity index (χ2v) is 6.64. The summed E-state index contributed by atoms with van der Waals surface area (Å²) in [6.45, 7) is 3.95. The average Bonchev–Trinajstić information content (AvgIpc) is 3.08. The second-order valence-electron chi connectivity index (χ2n) is 5.80. The van der Waals surface area contributed by atoms with Crippen LogP contribution in [0.1, 0.15) is 12.8 Å². The Morgan fingerprint density at radius 2 is 2.32 bits per heavy atom. The van der Waals surface area contributed by atoms with Crippen molar-refractivity contribution >= 4 is 28.7 Å². The number of piperidine rings is 1. The number of amides is 2. The van der Waals surface area contributed by atoms with Crippen LogP contribution in [0.5, 0.6) is 0 Å². The lowest BCUT2D eigenvalue weighted by atomic mass is 9.97. The summed E-state index contributed by atoms with van der Waals surface area (Å²) in [5, 5.41) is 6.11. The number of thioether (sulfide) groups is 1. The summed E-state index contributed by atoms with van der Waals surface area (Å²) >= 11 is 1.62. The molecule has 3 aliphatic rings. The zero-order valence-electron chi connectivity index (χ0n) is 12.5. The van der Waals surface area contributed by atoms with Crippen molar-refractivity contribution < 1.29 is 9.59 Å².